The van der Waals surface area contributed by atoms with Gasteiger partial charge in [0, 0.05) is 28.2 Å². The Morgan fingerprint density at radius 1 is 1.43 bits per heavy atom. The van der Waals surface area contributed by atoms with E-state index in [0.29, 0.717) is 5.92 Å². The van der Waals surface area contributed by atoms with E-state index in [2.05, 4.69) is 33.0 Å². The molecule has 2 atom stereocenters. The van der Waals surface area contributed by atoms with Crippen LogP contribution in [0.3, 0.4) is 0 Å². The van der Waals surface area contributed by atoms with Gasteiger partial charge in [-0.3, -0.25) is 4.98 Å². The van der Waals surface area contributed by atoms with E-state index in [1.54, 1.807) is 0 Å². The molecule has 1 heterocycles. The molecule has 1 saturated carbocycles. The van der Waals surface area contributed by atoms with Gasteiger partial charge in [-0.15, -0.1) is 0 Å². The Bertz CT molecular complexity index is 353. The number of nitrogens with zero attached hydrogens (tertiary/aromatic N) is 2. The average Bonchev–Trinajstić information content (AvgIpc) is 2.67. The molecule has 0 bridgehead atoms. The molecular weight excluding hydrogens is 240 g/mol. The first-order chi connectivity index (χ1) is 6.79. The molecule has 1 aliphatic carbocycles. The van der Waals surface area contributed by atoms with Crippen LogP contribution >= 0.6 is 15.9 Å². The Morgan fingerprint density at radius 2 is 2.29 bits per heavy atom. The van der Waals surface area contributed by atoms with E-state index in [0.717, 1.165) is 29.4 Å². The fraction of sp³-hybridized carbons (Fsp3) is 0.455. The summed E-state index contributed by atoms with van der Waals surface area (Å²) in [5, 5.41) is 8.80. The summed E-state index contributed by atoms with van der Waals surface area (Å²) < 4.78 is 1.01. The second kappa shape index (κ2) is 4.10. The summed E-state index contributed by atoms with van der Waals surface area (Å²) in [5.74, 6) is 0.734. The number of pyridine rings is 1. The predicted molar refractivity (Wildman–Crippen MR) is 57.6 cm³/mol. The normalized spacial score (nSPS) is 26.0. The number of rotatable bonds is 1. The van der Waals surface area contributed by atoms with Crippen molar-refractivity contribution in [2.45, 2.75) is 25.2 Å². The van der Waals surface area contributed by atoms with Crippen LogP contribution in [0.5, 0.6) is 0 Å². The summed E-state index contributed by atoms with van der Waals surface area (Å²) in [4.78, 5) is 4.37. The smallest absolute Gasteiger partial charge is 0.0656 e. The van der Waals surface area contributed by atoms with Gasteiger partial charge in [-0.2, -0.15) is 5.26 Å². The molecule has 1 aromatic rings. The highest BCUT2D eigenvalue weighted by atomic mass is 79.9. The maximum absolute atomic E-state index is 8.80. The Kier molecular flexibility index (Phi) is 2.83. The van der Waals surface area contributed by atoms with E-state index < -0.39 is 0 Å². The van der Waals surface area contributed by atoms with Gasteiger partial charge in [0.25, 0.3) is 0 Å². The van der Waals surface area contributed by atoms with Crippen molar-refractivity contribution in [2.75, 3.05) is 0 Å². The third-order valence-electron chi connectivity index (χ3n) is 2.78. The SMILES string of the molecule is N#CC1CCC(c2ccc(Br)cn2)C1. The zero-order valence-electron chi connectivity index (χ0n) is 7.78. The largest absolute Gasteiger partial charge is 0.260 e. The van der Waals surface area contributed by atoms with Gasteiger partial charge in [-0.25, -0.2) is 0 Å². The Balaban J connectivity index is 2.10. The molecule has 0 saturated heterocycles. The first-order valence-electron chi connectivity index (χ1n) is 4.80. The molecule has 0 N–H and O–H groups in total. The zero-order chi connectivity index (χ0) is 9.97. The molecule has 14 heavy (non-hydrogen) atoms. The standard InChI is InChI=1S/C11H11BrN2/c12-10-3-4-11(14-7-10)9-2-1-8(5-9)6-13/h3-4,7-9H,1-2,5H2. The fourth-order valence-corrected chi connectivity index (χ4v) is 2.23. The number of hydrogen-bond donors (Lipinski definition) is 0. The summed E-state index contributed by atoms with van der Waals surface area (Å²) in [5.41, 5.74) is 1.13. The van der Waals surface area contributed by atoms with E-state index in [1.807, 2.05) is 12.3 Å². The van der Waals surface area contributed by atoms with E-state index in [1.165, 1.54) is 0 Å². The maximum Gasteiger partial charge on any atom is 0.0656 e. The minimum atomic E-state index is 0.241. The van der Waals surface area contributed by atoms with E-state index in [4.69, 9.17) is 5.26 Å². The lowest BCUT2D eigenvalue weighted by Crippen LogP contribution is -1.96. The van der Waals surface area contributed by atoms with Gasteiger partial charge in [-0.1, -0.05) is 0 Å². The van der Waals surface area contributed by atoms with Crippen molar-refractivity contribution in [3.63, 3.8) is 0 Å². The highest BCUT2D eigenvalue weighted by molar-refractivity contribution is 9.10. The molecular formula is C11H11BrN2. The number of halogens is 1. The van der Waals surface area contributed by atoms with Crippen molar-refractivity contribution in [1.82, 2.24) is 4.98 Å². The van der Waals surface area contributed by atoms with Crippen LogP contribution in [0.2, 0.25) is 0 Å². The van der Waals surface area contributed by atoms with Crippen LogP contribution in [-0.2, 0) is 0 Å². The summed E-state index contributed by atoms with van der Waals surface area (Å²) in [6.07, 6.45) is 4.94. The Labute approximate surface area is 92.1 Å². The molecule has 1 aliphatic rings. The highest BCUT2D eigenvalue weighted by Crippen LogP contribution is 2.37. The quantitative estimate of drug-likeness (QED) is 0.768. The molecule has 1 fully saturated rings. The van der Waals surface area contributed by atoms with E-state index >= 15 is 0 Å². The molecule has 0 spiro atoms. The lowest BCUT2D eigenvalue weighted by atomic mass is 10.0. The third-order valence-corrected chi connectivity index (χ3v) is 3.25. The number of nitriles is 1. The van der Waals surface area contributed by atoms with Crippen molar-refractivity contribution in [1.29, 1.82) is 5.26 Å². The highest BCUT2D eigenvalue weighted by Gasteiger charge is 2.26. The molecule has 0 radical (unpaired) electrons. The third kappa shape index (κ3) is 1.96. The van der Waals surface area contributed by atoms with Gasteiger partial charge in [0.05, 0.1) is 6.07 Å². The molecule has 2 unspecified atom stereocenters. The van der Waals surface area contributed by atoms with Gasteiger partial charge in [-0.05, 0) is 47.3 Å². The lowest BCUT2D eigenvalue weighted by molar-refractivity contribution is 0.657. The molecule has 3 heteroatoms. The van der Waals surface area contributed by atoms with Gasteiger partial charge < -0.3 is 0 Å². The van der Waals surface area contributed by atoms with Gasteiger partial charge >= 0.3 is 0 Å². The van der Waals surface area contributed by atoms with Crippen molar-refractivity contribution in [3.8, 4) is 6.07 Å². The van der Waals surface area contributed by atoms with Gasteiger partial charge in [0.2, 0.25) is 0 Å². The van der Waals surface area contributed by atoms with Gasteiger partial charge in [0.15, 0.2) is 0 Å². The van der Waals surface area contributed by atoms with Crippen LogP contribution in [0.15, 0.2) is 22.8 Å². The molecule has 2 nitrogen and oxygen atoms in total. The van der Waals surface area contributed by atoms with Crippen LogP contribution in [0.25, 0.3) is 0 Å². The van der Waals surface area contributed by atoms with Gasteiger partial charge in [0.1, 0.15) is 0 Å². The maximum atomic E-state index is 8.80. The summed E-state index contributed by atoms with van der Waals surface area (Å²) in [6.45, 7) is 0. The first kappa shape index (κ1) is 9.67. The lowest BCUT2D eigenvalue weighted by Gasteiger charge is -2.07. The summed E-state index contributed by atoms with van der Waals surface area (Å²) in [7, 11) is 0. The van der Waals surface area contributed by atoms with Crippen LogP contribution in [0, 0.1) is 17.2 Å². The fourth-order valence-electron chi connectivity index (χ4n) is 2.00. The molecule has 0 amide bonds. The Morgan fingerprint density at radius 3 is 2.86 bits per heavy atom. The second-order valence-electron chi connectivity index (χ2n) is 3.74. The monoisotopic (exact) mass is 250 g/mol. The number of aromatic nitrogens is 1. The predicted octanol–water partition coefficient (Wildman–Crippen LogP) is 3.25. The zero-order valence-corrected chi connectivity index (χ0v) is 9.37. The summed E-state index contributed by atoms with van der Waals surface area (Å²) >= 11 is 3.36. The van der Waals surface area contributed by atoms with Crippen molar-refractivity contribution < 1.29 is 0 Å². The first-order valence-corrected chi connectivity index (χ1v) is 5.60. The second-order valence-corrected chi connectivity index (χ2v) is 4.65. The van der Waals surface area contributed by atoms with Crippen molar-refractivity contribution >= 4 is 15.9 Å². The topological polar surface area (TPSA) is 36.7 Å². The molecule has 0 aromatic carbocycles. The van der Waals surface area contributed by atoms with Crippen molar-refractivity contribution in [2.24, 2.45) is 5.92 Å². The molecule has 1 aromatic heterocycles. The van der Waals surface area contributed by atoms with Crippen LogP contribution in [0.1, 0.15) is 30.9 Å². The van der Waals surface area contributed by atoms with Crippen LogP contribution in [-0.4, -0.2) is 4.98 Å². The van der Waals surface area contributed by atoms with E-state index in [-0.39, 0.29) is 5.92 Å². The summed E-state index contributed by atoms with van der Waals surface area (Å²) in [6, 6.07) is 6.40. The molecule has 72 valence electrons. The van der Waals surface area contributed by atoms with Crippen LogP contribution < -0.4 is 0 Å². The number of hydrogen-bond acceptors (Lipinski definition) is 2. The van der Waals surface area contributed by atoms with E-state index in [9.17, 15) is 0 Å². The minimum absolute atomic E-state index is 0.241. The molecule has 0 aliphatic heterocycles. The average molecular weight is 251 g/mol. The van der Waals surface area contributed by atoms with Crippen molar-refractivity contribution in [3.05, 3.63) is 28.5 Å². The molecule has 2 rings (SSSR count). The van der Waals surface area contributed by atoms with Crippen LogP contribution in [0.4, 0.5) is 0 Å². The minimum Gasteiger partial charge on any atom is -0.260 e. The Hall–Kier alpha value is -0.880.